The molecule has 2 aromatic rings. The van der Waals surface area contributed by atoms with Crippen LogP contribution in [-0.4, -0.2) is 32.2 Å². The van der Waals surface area contributed by atoms with Crippen molar-refractivity contribution in [1.29, 1.82) is 0 Å². The number of benzene rings is 2. The van der Waals surface area contributed by atoms with Crippen LogP contribution in [0, 0.1) is 17.5 Å². The first-order valence-electron chi connectivity index (χ1n) is 6.67. The molecular formula is C15H13F3N2O3S. The van der Waals surface area contributed by atoms with Crippen LogP contribution in [0.2, 0.25) is 0 Å². The molecule has 0 aliphatic heterocycles. The molecule has 2 rings (SSSR count). The maximum Gasteiger partial charge on any atom is 0.249 e. The summed E-state index contributed by atoms with van der Waals surface area (Å²) in [4.78, 5) is 10.7. The summed E-state index contributed by atoms with van der Waals surface area (Å²) in [5.74, 6) is -3.74. The number of amides is 1. The average molecular weight is 358 g/mol. The molecular weight excluding hydrogens is 345 g/mol. The molecule has 9 heteroatoms. The first-order chi connectivity index (χ1) is 11.2. The van der Waals surface area contributed by atoms with Gasteiger partial charge >= 0.3 is 0 Å². The summed E-state index contributed by atoms with van der Waals surface area (Å²) in [5.41, 5.74) is 0.254. The van der Waals surface area contributed by atoms with Crippen LogP contribution in [0.3, 0.4) is 0 Å². The van der Waals surface area contributed by atoms with Crippen LogP contribution in [0.5, 0.6) is 0 Å². The van der Waals surface area contributed by atoms with Crippen LogP contribution in [0.25, 0.3) is 0 Å². The van der Waals surface area contributed by atoms with Crippen molar-refractivity contribution in [3.05, 3.63) is 59.9 Å². The highest BCUT2D eigenvalue weighted by Crippen LogP contribution is 2.21. The van der Waals surface area contributed by atoms with Crippen molar-refractivity contribution in [2.75, 3.05) is 18.9 Å². The van der Waals surface area contributed by atoms with E-state index in [1.54, 1.807) is 0 Å². The molecule has 0 saturated carbocycles. The largest absolute Gasteiger partial charge is 0.325 e. The number of sulfonamides is 1. The Kier molecular flexibility index (Phi) is 5.25. The normalized spacial score (nSPS) is 11.5. The van der Waals surface area contributed by atoms with E-state index in [-0.39, 0.29) is 5.69 Å². The second kappa shape index (κ2) is 7.02. The number of hydrogen-bond acceptors (Lipinski definition) is 3. The lowest BCUT2D eigenvalue weighted by atomic mass is 10.3. The monoisotopic (exact) mass is 358 g/mol. The van der Waals surface area contributed by atoms with Crippen molar-refractivity contribution in [2.45, 2.75) is 4.90 Å². The third-order valence-electron chi connectivity index (χ3n) is 3.08. The highest BCUT2D eigenvalue weighted by atomic mass is 32.2. The number of carbonyl (C=O) groups is 1. The molecule has 0 bridgehead atoms. The zero-order valence-corrected chi connectivity index (χ0v) is 13.3. The van der Waals surface area contributed by atoms with E-state index in [0.717, 1.165) is 37.4 Å². The summed E-state index contributed by atoms with van der Waals surface area (Å²) in [7, 11) is -3.51. The molecule has 0 unspecified atom stereocenters. The minimum absolute atomic E-state index is 0.254. The second-order valence-corrected chi connectivity index (χ2v) is 6.85. The Morgan fingerprint density at radius 1 is 1.04 bits per heavy atom. The Morgan fingerprint density at radius 3 is 2.12 bits per heavy atom. The Hall–Kier alpha value is -2.39. The van der Waals surface area contributed by atoms with Gasteiger partial charge in [-0.2, -0.15) is 4.31 Å². The van der Waals surface area contributed by atoms with E-state index in [1.807, 2.05) is 0 Å². The summed E-state index contributed by atoms with van der Waals surface area (Å²) in [6.45, 7) is -0.673. The van der Waals surface area contributed by atoms with Gasteiger partial charge in [0.2, 0.25) is 15.9 Å². The molecule has 0 aliphatic carbocycles. The summed E-state index contributed by atoms with van der Waals surface area (Å²) in [6.07, 6.45) is 0. The number of carbonyl (C=O) groups excluding carboxylic acids is 1. The molecule has 24 heavy (non-hydrogen) atoms. The Bertz CT molecular complexity index is 835. The second-order valence-electron chi connectivity index (χ2n) is 4.87. The first kappa shape index (κ1) is 18.0. The van der Waals surface area contributed by atoms with Gasteiger partial charge in [-0.3, -0.25) is 4.79 Å². The van der Waals surface area contributed by atoms with Crippen LogP contribution in [0.1, 0.15) is 0 Å². The summed E-state index contributed by atoms with van der Waals surface area (Å²) in [5, 5.41) is 2.35. The number of anilines is 1. The molecule has 0 aromatic heterocycles. The van der Waals surface area contributed by atoms with Gasteiger partial charge < -0.3 is 5.32 Å². The molecule has 0 radical (unpaired) electrons. The molecule has 0 fully saturated rings. The van der Waals surface area contributed by atoms with Gasteiger partial charge in [0.25, 0.3) is 0 Å². The molecule has 0 heterocycles. The molecule has 5 nitrogen and oxygen atoms in total. The lowest BCUT2D eigenvalue weighted by Gasteiger charge is -2.17. The minimum atomic E-state index is -4.53. The van der Waals surface area contributed by atoms with Crippen molar-refractivity contribution >= 4 is 21.6 Å². The fourth-order valence-electron chi connectivity index (χ4n) is 1.91. The van der Waals surface area contributed by atoms with E-state index >= 15 is 0 Å². The van der Waals surface area contributed by atoms with E-state index in [9.17, 15) is 26.4 Å². The van der Waals surface area contributed by atoms with Crippen molar-refractivity contribution in [1.82, 2.24) is 4.31 Å². The van der Waals surface area contributed by atoms with Gasteiger partial charge in [0.1, 0.15) is 17.5 Å². The Labute approximate surface area is 136 Å². The first-order valence-corrected chi connectivity index (χ1v) is 8.11. The summed E-state index contributed by atoms with van der Waals surface area (Å²) < 4.78 is 65.0. The zero-order chi connectivity index (χ0) is 17.9. The predicted octanol–water partition coefficient (Wildman–Crippen LogP) is 2.36. The molecule has 128 valence electrons. The third kappa shape index (κ3) is 3.92. The van der Waals surface area contributed by atoms with Gasteiger partial charge in [0, 0.05) is 12.7 Å². The van der Waals surface area contributed by atoms with Gasteiger partial charge in [-0.1, -0.05) is 6.07 Å². The zero-order valence-electron chi connectivity index (χ0n) is 12.5. The lowest BCUT2D eigenvalue weighted by molar-refractivity contribution is -0.116. The molecule has 1 N–H and O–H groups in total. The van der Waals surface area contributed by atoms with E-state index < -0.39 is 44.8 Å². The highest BCUT2D eigenvalue weighted by molar-refractivity contribution is 7.89. The fourth-order valence-corrected chi connectivity index (χ4v) is 3.13. The van der Waals surface area contributed by atoms with Crippen molar-refractivity contribution in [3.8, 4) is 0 Å². The van der Waals surface area contributed by atoms with E-state index in [2.05, 4.69) is 5.32 Å². The smallest absolute Gasteiger partial charge is 0.249 e. The number of rotatable bonds is 5. The number of hydrogen-bond donors (Lipinski definition) is 1. The lowest BCUT2D eigenvalue weighted by Crippen LogP contribution is -2.35. The molecule has 0 aliphatic rings. The SMILES string of the molecule is CN(CC(=O)Nc1ccc(F)cc1)S(=O)(=O)c1c(F)cccc1F. The Balaban J connectivity index is 2.14. The molecule has 1 amide bonds. The van der Waals surface area contributed by atoms with Gasteiger partial charge in [-0.25, -0.2) is 21.6 Å². The predicted molar refractivity (Wildman–Crippen MR) is 81.2 cm³/mol. The average Bonchev–Trinajstić information content (AvgIpc) is 2.49. The summed E-state index contributed by atoms with van der Waals surface area (Å²) >= 11 is 0. The number of likely N-dealkylation sites (N-methyl/N-ethyl adjacent to an activating group) is 1. The van der Waals surface area contributed by atoms with Gasteiger partial charge in [0.15, 0.2) is 4.90 Å². The third-order valence-corrected chi connectivity index (χ3v) is 4.94. The number of nitrogens with one attached hydrogen (secondary N) is 1. The van der Waals surface area contributed by atoms with Gasteiger partial charge in [0.05, 0.1) is 6.54 Å². The van der Waals surface area contributed by atoms with Crippen molar-refractivity contribution in [3.63, 3.8) is 0 Å². The van der Waals surface area contributed by atoms with Crippen LogP contribution >= 0.6 is 0 Å². The maximum atomic E-state index is 13.6. The minimum Gasteiger partial charge on any atom is -0.325 e. The standard InChI is InChI=1S/C15H13F3N2O3S/c1-20(9-14(21)19-11-7-5-10(16)6-8-11)24(22,23)15-12(17)3-2-4-13(15)18/h2-8H,9H2,1H3,(H,19,21). The van der Waals surface area contributed by atoms with Crippen LogP contribution < -0.4 is 5.32 Å². The number of nitrogens with zero attached hydrogens (tertiary/aromatic N) is 1. The maximum absolute atomic E-state index is 13.6. The van der Waals surface area contributed by atoms with E-state index in [1.165, 1.54) is 12.1 Å². The Morgan fingerprint density at radius 2 is 1.58 bits per heavy atom. The van der Waals surface area contributed by atoms with Crippen LogP contribution in [0.4, 0.5) is 18.9 Å². The van der Waals surface area contributed by atoms with Gasteiger partial charge in [-0.15, -0.1) is 0 Å². The quantitative estimate of drug-likeness (QED) is 0.892. The van der Waals surface area contributed by atoms with Crippen LogP contribution in [0.15, 0.2) is 47.4 Å². The molecule has 0 spiro atoms. The number of halogens is 3. The van der Waals surface area contributed by atoms with Gasteiger partial charge in [-0.05, 0) is 36.4 Å². The molecule has 0 atom stereocenters. The summed E-state index contributed by atoms with van der Waals surface area (Å²) in [6, 6.07) is 7.46. The van der Waals surface area contributed by atoms with Crippen molar-refractivity contribution in [2.24, 2.45) is 0 Å². The highest BCUT2D eigenvalue weighted by Gasteiger charge is 2.29. The fraction of sp³-hybridized carbons (Fsp3) is 0.133. The molecule has 2 aromatic carbocycles. The topological polar surface area (TPSA) is 66.5 Å². The van der Waals surface area contributed by atoms with E-state index in [4.69, 9.17) is 0 Å². The van der Waals surface area contributed by atoms with Crippen molar-refractivity contribution < 1.29 is 26.4 Å². The molecule has 0 saturated heterocycles. The van der Waals surface area contributed by atoms with E-state index in [0.29, 0.717) is 4.31 Å². The van der Waals surface area contributed by atoms with Crippen LogP contribution in [-0.2, 0) is 14.8 Å².